The van der Waals surface area contributed by atoms with Gasteiger partial charge in [-0.1, -0.05) is 12.8 Å². The van der Waals surface area contributed by atoms with E-state index >= 15 is 0 Å². The summed E-state index contributed by atoms with van der Waals surface area (Å²) in [5, 5.41) is 11.6. The number of piperidine rings is 1. The lowest BCUT2D eigenvalue weighted by Gasteiger charge is -2.32. The van der Waals surface area contributed by atoms with E-state index in [2.05, 4.69) is 20.1 Å². The van der Waals surface area contributed by atoms with E-state index in [4.69, 9.17) is 0 Å². The molecule has 0 unspecified atom stereocenters. The summed E-state index contributed by atoms with van der Waals surface area (Å²) >= 11 is 0. The van der Waals surface area contributed by atoms with Crippen molar-refractivity contribution in [2.45, 2.75) is 70.4 Å². The van der Waals surface area contributed by atoms with Gasteiger partial charge in [0.2, 0.25) is 0 Å². The molecule has 1 N–H and O–H groups in total. The van der Waals surface area contributed by atoms with Crippen LogP contribution < -0.4 is 5.32 Å². The van der Waals surface area contributed by atoms with Crippen LogP contribution in [-0.4, -0.2) is 44.8 Å². The van der Waals surface area contributed by atoms with Gasteiger partial charge in [0.25, 0.3) is 0 Å². The fourth-order valence-corrected chi connectivity index (χ4v) is 4.10. The molecule has 6 nitrogen and oxygen atoms in total. The molecule has 2 aliphatic carbocycles. The third kappa shape index (κ3) is 3.90. The van der Waals surface area contributed by atoms with E-state index in [0.717, 1.165) is 63.5 Å². The van der Waals surface area contributed by atoms with E-state index in [0.29, 0.717) is 12.0 Å². The summed E-state index contributed by atoms with van der Waals surface area (Å²) in [6, 6.07) is 0.563. The Kier molecular flexibility index (Phi) is 4.72. The lowest BCUT2D eigenvalue weighted by molar-refractivity contribution is 0.166. The van der Waals surface area contributed by atoms with Crippen LogP contribution in [0.1, 0.15) is 57.2 Å². The van der Waals surface area contributed by atoms with Crippen molar-refractivity contribution in [1.29, 1.82) is 0 Å². The van der Waals surface area contributed by atoms with Crippen LogP contribution in [0.5, 0.6) is 0 Å². The number of nitrogens with zero attached hydrogens (tertiary/aromatic N) is 4. The monoisotopic (exact) mass is 331 g/mol. The van der Waals surface area contributed by atoms with E-state index in [1.54, 1.807) is 0 Å². The zero-order valence-electron chi connectivity index (χ0n) is 14.5. The Morgan fingerprint density at radius 2 is 1.83 bits per heavy atom. The SMILES string of the molecule is O=C(NC1CCCC1)N1CCC(Cc2nncn2CC2CC2)CC1. The first-order valence-electron chi connectivity index (χ1n) is 9.70. The number of nitrogens with one attached hydrogen (secondary N) is 1. The zero-order chi connectivity index (χ0) is 16.4. The molecular formula is C18H29N5O. The average Bonchev–Trinajstić information content (AvgIpc) is 3.06. The molecular weight excluding hydrogens is 302 g/mol. The van der Waals surface area contributed by atoms with E-state index < -0.39 is 0 Å². The minimum absolute atomic E-state index is 0.150. The smallest absolute Gasteiger partial charge is 0.317 e. The number of likely N-dealkylation sites (tertiary alicyclic amines) is 1. The fourth-order valence-electron chi connectivity index (χ4n) is 4.10. The predicted octanol–water partition coefficient (Wildman–Crippen LogP) is 2.59. The maximum Gasteiger partial charge on any atom is 0.317 e. The molecule has 1 aromatic heterocycles. The summed E-state index contributed by atoms with van der Waals surface area (Å²) in [7, 11) is 0. The van der Waals surface area contributed by atoms with Gasteiger partial charge < -0.3 is 14.8 Å². The molecule has 132 valence electrons. The highest BCUT2D eigenvalue weighted by Crippen LogP contribution is 2.31. The summed E-state index contributed by atoms with van der Waals surface area (Å²) in [5.41, 5.74) is 0. The highest BCUT2D eigenvalue weighted by atomic mass is 16.2. The van der Waals surface area contributed by atoms with Crippen molar-refractivity contribution in [2.24, 2.45) is 11.8 Å². The number of rotatable bonds is 5. The quantitative estimate of drug-likeness (QED) is 0.902. The molecule has 24 heavy (non-hydrogen) atoms. The first-order valence-corrected chi connectivity index (χ1v) is 9.70. The molecule has 2 heterocycles. The van der Waals surface area contributed by atoms with Crippen LogP contribution in [0.2, 0.25) is 0 Å². The van der Waals surface area contributed by atoms with Gasteiger partial charge in [-0.25, -0.2) is 4.79 Å². The van der Waals surface area contributed by atoms with Gasteiger partial charge in [-0.3, -0.25) is 0 Å². The molecule has 2 saturated carbocycles. The van der Waals surface area contributed by atoms with Crippen LogP contribution in [0.25, 0.3) is 0 Å². The van der Waals surface area contributed by atoms with Crippen LogP contribution in [0.4, 0.5) is 4.79 Å². The van der Waals surface area contributed by atoms with Crippen LogP contribution >= 0.6 is 0 Å². The van der Waals surface area contributed by atoms with Crippen molar-refractivity contribution in [3.63, 3.8) is 0 Å². The van der Waals surface area contributed by atoms with Crippen molar-refractivity contribution >= 4 is 6.03 Å². The Balaban J connectivity index is 1.24. The largest absolute Gasteiger partial charge is 0.335 e. The van der Waals surface area contributed by atoms with Crippen molar-refractivity contribution in [2.75, 3.05) is 13.1 Å². The Morgan fingerprint density at radius 1 is 1.08 bits per heavy atom. The third-order valence-electron chi connectivity index (χ3n) is 5.90. The summed E-state index contributed by atoms with van der Waals surface area (Å²) in [6.45, 7) is 2.84. The van der Waals surface area contributed by atoms with Gasteiger partial charge in [0, 0.05) is 32.1 Å². The molecule has 1 saturated heterocycles. The van der Waals surface area contributed by atoms with Gasteiger partial charge >= 0.3 is 6.03 Å². The number of hydrogen-bond acceptors (Lipinski definition) is 3. The minimum atomic E-state index is 0.150. The molecule has 0 spiro atoms. The summed E-state index contributed by atoms with van der Waals surface area (Å²) in [5.74, 6) is 2.61. The first-order chi connectivity index (χ1) is 11.8. The predicted molar refractivity (Wildman–Crippen MR) is 91.5 cm³/mol. The molecule has 1 aliphatic heterocycles. The second kappa shape index (κ2) is 7.11. The van der Waals surface area contributed by atoms with Gasteiger partial charge in [0.05, 0.1) is 0 Å². The Labute approximate surface area is 144 Å². The van der Waals surface area contributed by atoms with Crippen LogP contribution in [0, 0.1) is 11.8 Å². The van der Waals surface area contributed by atoms with Crippen molar-refractivity contribution in [1.82, 2.24) is 25.0 Å². The highest BCUT2D eigenvalue weighted by Gasteiger charge is 2.27. The lowest BCUT2D eigenvalue weighted by Crippen LogP contribution is -2.47. The second-order valence-corrected chi connectivity index (χ2v) is 7.91. The maximum atomic E-state index is 12.3. The summed E-state index contributed by atoms with van der Waals surface area (Å²) in [4.78, 5) is 14.4. The molecule has 0 bridgehead atoms. The first kappa shape index (κ1) is 15.9. The van der Waals surface area contributed by atoms with E-state index in [-0.39, 0.29) is 6.03 Å². The topological polar surface area (TPSA) is 63.1 Å². The summed E-state index contributed by atoms with van der Waals surface area (Å²) < 4.78 is 2.25. The second-order valence-electron chi connectivity index (χ2n) is 7.91. The zero-order valence-corrected chi connectivity index (χ0v) is 14.5. The Bertz CT molecular complexity index is 554. The normalized spacial score (nSPS) is 22.9. The number of urea groups is 1. The van der Waals surface area contributed by atoms with E-state index in [9.17, 15) is 4.79 Å². The molecule has 0 atom stereocenters. The molecule has 4 rings (SSSR count). The molecule has 1 aromatic rings. The van der Waals surface area contributed by atoms with Crippen molar-refractivity contribution in [3.8, 4) is 0 Å². The number of hydrogen-bond donors (Lipinski definition) is 1. The van der Waals surface area contributed by atoms with E-state index in [1.165, 1.54) is 25.7 Å². The standard InChI is InChI=1S/C18H29N5O/c24-18(20-16-3-1-2-4-16)22-9-7-14(8-10-22)11-17-21-19-13-23(17)12-15-5-6-15/h13-16H,1-12H2,(H,20,24). The Morgan fingerprint density at radius 3 is 2.54 bits per heavy atom. The Hall–Kier alpha value is -1.59. The van der Waals surface area contributed by atoms with Gasteiger partial charge in [0.1, 0.15) is 12.2 Å². The number of carbonyl (C=O) groups excluding carboxylic acids is 1. The van der Waals surface area contributed by atoms with Crippen molar-refractivity contribution in [3.05, 3.63) is 12.2 Å². The molecule has 3 aliphatic rings. The maximum absolute atomic E-state index is 12.3. The van der Waals surface area contributed by atoms with E-state index in [1.807, 2.05) is 11.2 Å². The highest BCUT2D eigenvalue weighted by molar-refractivity contribution is 5.74. The van der Waals surface area contributed by atoms with Crippen LogP contribution in [0.3, 0.4) is 0 Å². The molecule has 0 radical (unpaired) electrons. The minimum Gasteiger partial charge on any atom is -0.335 e. The van der Waals surface area contributed by atoms with Crippen LogP contribution in [0.15, 0.2) is 6.33 Å². The van der Waals surface area contributed by atoms with Gasteiger partial charge in [-0.2, -0.15) is 0 Å². The van der Waals surface area contributed by atoms with Gasteiger partial charge in [-0.05, 0) is 50.4 Å². The molecule has 3 fully saturated rings. The third-order valence-corrected chi connectivity index (χ3v) is 5.90. The summed E-state index contributed by atoms with van der Waals surface area (Å²) in [6.07, 6.45) is 12.6. The van der Waals surface area contributed by atoms with Crippen molar-refractivity contribution < 1.29 is 4.79 Å². The van der Waals surface area contributed by atoms with Crippen LogP contribution in [-0.2, 0) is 13.0 Å². The molecule has 2 amide bonds. The van der Waals surface area contributed by atoms with Gasteiger partial charge in [0.15, 0.2) is 0 Å². The number of aromatic nitrogens is 3. The molecule has 0 aromatic carbocycles. The number of amides is 2. The average molecular weight is 331 g/mol. The fraction of sp³-hybridized carbons (Fsp3) is 0.833. The molecule has 6 heteroatoms. The number of carbonyl (C=O) groups is 1. The lowest BCUT2D eigenvalue weighted by atomic mass is 9.93. The van der Waals surface area contributed by atoms with Gasteiger partial charge in [-0.15, -0.1) is 10.2 Å².